The van der Waals surface area contributed by atoms with E-state index in [0.29, 0.717) is 17.9 Å². The van der Waals surface area contributed by atoms with Crippen molar-refractivity contribution in [2.24, 2.45) is 17.5 Å². The van der Waals surface area contributed by atoms with Gasteiger partial charge in [-0.1, -0.05) is 43.9 Å². The summed E-state index contributed by atoms with van der Waals surface area (Å²) in [4.78, 5) is 15.0. The Morgan fingerprint density at radius 1 is 1.33 bits per heavy atom. The van der Waals surface area contributed by atoms with Gasteiger partial charge in [0.1, 0.15) is 5.56 Å². The quantitative estimate of drug-likeness (QED) is 0.163. The number of hydrazine groups is 1. The minimum atomic E-state index is -0.421. The fourth-order valence-electron chi connectivity index (χ4n) is 4.71. The Morgan fingerprint density at radius 3 is 2.72 bits per heavy atom. The highest BCUT2D eigenvalue weighted by atomic mass is 16.5. The second-order valence-electron chi connectivity index (χ2n) is 9.67. The summed E-state index contributed by atoms with van der Waals surface area (Å²) in [5.74, 6) is 5.43. The maximum absolute atomic E-state index is 12.6. The number of nitrogens with two attached hydrogens (primary N) is 2. The average molecular weight is 535 g/mol. The Hall–Kier alpha value is -3.66. The van der Waals surface area contributed by atoms with Crippen molar-refractivity contribution in [2.75, 3.05) is 47.5 Å². The molecule has 2 atom stereocenters. The second-order valence-corrected chi connectivity index (χ2v) is 9.67. The van der Waals surface area contributed by atoms with Crippen molar-refractivity contribution >= 4 is 11.5 Å². The Morgan fingerprint density at radius 2 is 2.10 bits per heavy atom. The zero-order valence-corrected chi connectivity index (χ0v) is 23.8. The lowest BCUT2D eigenvalue weighted by Gasteiger charge is -2.21. The van der Waals surface area contributed by atoms with Crippen molar-refractivity contribution in [1.29, 1.82) is 0 Å². The Bertz CT molecular complexity index is 1240. The number of ether oxygens (including phenoxy) is 2. The zero-order chi connectivity index (χ0) is 28.5. The van der Waals surface area contributed by atoms with Crippen LogP contribution in [0.3, 0.4) is 0 Å². The second kappa shape index (κ2) is 13.9. The number of carbonyl (C=O) groups is 1. The molecule has 0 spiro atoms. The van der Waals surface area contributed by atoms with Gasteiger partial charge < -0.3 is 20.2 Å². The molecule has 39 heavy (non-hydrogen) atoms. The zero-order valence-electron chi connectivity index (χ0n) is 23.8. The molecule has 210 valence electrons. The summed E-state index contributed by atoms with van der Waals surface area (Å²) in [7, 11) is 4.82. The van der Waals surface area contributed by atoms with E-state index in [1.54, 1.807) is 26.6 Å². The third-order valence-electron chi connectivity index (χ3n) is 6.95. The summed E-state index contributed by atoms with van der Waals surface area (Å²) in [6.45, 7) is 11.6. The molecular formula is C30H42N6O3. The Labute approximate surface area is 232 Å². The molecule has 3 rings (SSSR count). The molecule has 0 bridgehead atoms. The van der Waals surface area contributed by atoms with Gasteiger partial charge in [-0.15, -0.1) is 0 Å². The molecule has 1 aliphatic carbocycles. The van der Waals surface area contributed by atoms with Crippen LogP contribution in [0.1, 0.15) is 47.8 Å². The molecule has 1 heterocycles. The molecule has 1 fully saturated rings. The van der Waals surface area contributed by atoms with Gasteiger partial charge in [-0.25, -0.2) is 15.3 Å². The number of hydrogen-bond acceptors (Lipinski definition) is 8. The highest BCUT2D eigenvalue weighted by Crippen LogP contribution is 2.52. The van der Waals surface area contributed by atoms with Gasteiger partial charge in [-0.3, -0.25) is 4.90 Å². The van der Waals surface area contributed by atoms with Gasteiger partial charge in [-0.2, -0.15) is 5.10 Å². The molecule has 1 aliphatic rings. The van der Waals surface area contributed by atoms with Gasteiger partial charge in [0.05, 0.1) is 31.3 Å². The molecule has 9 nitrogen and oxygen atoms in total. The summed E-state index contributed by atoms with van der Waals surface area (Å²) in [5, 5.41) is 6.04. The van der Waals surface area contributed by atoms with E-state index in [9.17, 15) is 4.79 Å². The molecule has 9 heteroatoms. The van der Waals surface area contributed by atoms with Crippen molar-refractivity contribution in [2.45, 2.75) is 26.2 Å². The summed E-state index contributed by atoms with van der Waals surface area (Å²) >= 11 is 0. The third-order valence-corrected chi connectivity index (χ3v) is 6.95. The highest BCUT2D eigenvalue weighted by Gasteiger charge is 2.45. The van der Waals surface area contributed by atoms with Crippen LogP contribution in [0, 0.1) is 5.92 Å². The number of hydrogen-bond donors (Lipinski definition) is 2. The summed E-state index contributed by atoms with van der Waals surface area (Å²) in [6, 6.07) is 8.08. The van der Waals surface area contributed by atoms with Crippen molar-refractivity contribution in [3.8, 4) is 5.69 Å². The number of likely N-dealkylation sites (N-methyl/N-ethyl adjacent to an activating group) is 1. The largest absolute Gasteiger partial charge is 0.465 e. The number of benzene rings is 1. The van der Waals surface area contributed by atoms with Crippen molar-refractivity contribution in [3.05, 3.63) is 89.6 Å². The molecule has 1 aromatic carbocycles. The van der Waals surface area contributed by atoms with Crippen LogP contribution in [0.5, 0.6) is 0 Å². The van der Waals surface area contributed by atoms with Crippen molar-refractivity contribution in [1.82, 2.24) is 19.7 Å². The minimum Gasteiger partial charge on any atom is -0.465 e. The number of rotatable bonds is 14. The first kappa shape index (κ1) is 29.9. The SMILES string of the molecule is C=C/C(=C\C(=C/C)CN(CC)CCOC)c1cccc(-n2ncc(C(=O)OC)c2[C@@H]2CC2/C(N)=C/N(C)N)c1. The highest BCUT2D eigenvalue weighted by molar-refractivity contribution is 5.91. The van der Waals surface area contributed by atoms with Gasteiger partial charge >= 0.3 is 5.97 Å². The number of aromatic nitrogens is 2. The maximum atomic E-state index is 12.6. The number of allylic oxidation sites excluding steroid dienone is 4. The molecule has 4 N–H and O–H groups in total. The van der Waals surface area contributed by atoms with E-state index >= 15 is 0 Å². The standard InChI is InChI=1S/C30H42N6O3/c1-7-21(19-35(9-3)13-14-38-5)15-22(8-2)23-11-10-12-24(16-23)36-29(27(18-33-36)30(37)39-6)26-17-25(26)28(31)20-34(4)32/h7-8,10-12,15-16,18,20,25-26H,2,9,13-14,17,19,31-32H2,1,3-6H3/b21-7+,22-15+,28-20-/t25?,26-/m1/s1. The van der Waals surface area contributed by atoms with E-state index < -0.39 is 5.97 Å². The average Bonchev–Trinajstić information content (AvgIpc) is 3.62. The molecule has 1 unspecified atom stereocenters. The van der Waals surface area contributed by atoms with Crippen LogP contribution in [-0.4, -0.2) is 73.2 Å². The molecule has 0 radical (unpaired) electrons. The summed E-state index contributed by atoms with van der Waals surface area (Å²) in [5.41, 5.74) is 12.2. The van der Waals surface area contributed by atoms with Crippen LogP contribution in [-0.2, 0) is 9.47 Å². The topological polar surface area (TPSA) is 112 Å². The van der Waals surface area contributed by atoms with Crippen molar-refractivity contribution in [3.63, 3.8) is 0 Å². The van der Waals surface area contributed by atoms with Crippen LogP contribution in [0.4, 0.5) is 0 Å². The van der Waals surface area contributed by atoms with Gasteiger partial charge in [0, 0.05) is 51.0 Å². The molecule has 2 aromatic rings. The van der Waals surface area contributed by atoms with E-state index in [1.165, 1.54) is 17.7 Å². The summed E-state index contributed by atoms with van der Waals surface area (Å²) in [6.07, 6.45) is 10.2. The molecule has 0 saturated heterocycles. The lowest BCUT2D eigenvalue weighted by atomic mass is 10.0. The predicted octanol–water partition coefficient (Wildman–Crippen LogP) is 3.85. The van der Waals surface area contributed by atoms with Gasteiger partial charge in [0.2, 0.25) is 0 Å². The fourth-order valence-corrected chi connectivity index (χ4v) is 4.71. The lowest BCUT2D eigenvalue weighted by Crippen LogP contribution is -2.29. The summed E-state index contributed by atoms with van der Waals surface area (Å²) < 4.78 is 12.1. The van der Waals surface area contributed by atoms with Crippen molar-refractivity contribution < 1.29 is 14.3 Å². The van der Waals surface area contributed by atoms with Crippen LogP contribution in [0.25, 0.3) is 11.3 Å². The molecule has 0 aliphatic heterocycles. The first-order chi connectivity index (χ1) is 18.8. The van der Waals surface area contributed by atoms with E-state index in [1.807, 2.05) is 29.8 Å². The monoisotopic (exact) mass is 534 g/mol. The predicted molar refractivity (Wildman–Crippen MR) is 156 cm³/mol. The normalized spacial score (nSPS) is 17.9. The lowest BCUT2D eigenvalue weighted by molar-refractivity contribution is 0.0599. The number of nitrogens with zero attached hydrogens (tertiary/aromatic N) is 4. The Balaban J connectivity index is 1.97. The van der Waals surface area contributed by atoms with E-state index in [0.717, 1.165) is 48.6 Å². The minimum absolute atomic E-state index is 0.0256. The molecule has 1 aromatic heterocycles. The fraction of sp³-hybridized carbons (Fsp3) is 0.400. The van der Waals surface area contributed by atoms with E-state index in [2.05, 4.69) is 47.8 Å². The van der Waals surface area contributed by atoms with Crippen LogP contribution < -0.4 is 11.6 Å². The number of methoxy groups -OCH3 is 2. The third kappa shape index (κ3) is 7.47. The Kier molecular flexibility index (Phi) is 10.7. The molecular weight excluding hydrogens is 492 g/mol. The van der Waals surface area contributed by atoms with Gasteiger partial charge in [0.25, 0.3) is 0 Å². The number of carbonyl (C=O) groups excluding carboxylic acids is 1. The van der Waals surface area contributed by atoms with Crippen LogP contribution >= 0.6 is 0 Å². The first-order valence-corrected chi connectivity index (χ1v) is 13.2. The molecule has 0 amide bonds. The maximum Gasteiger partial charge on any atom is 0.341 e. The van der Waals surface area contributed by atoms with Crippen LogP contribution in [0.15, 0.2) is 72.7 Å². The van der Waals surface area contributed by atoms with Gasteiger partial charge in [-0.05, 0) is 48.7 Å². The van der Waals surface area contributed by atoms with Gasteiger partial charge in [0.15, 0.2) is 0 Å². The molecule has 1 saturated carbocycles. The van der Waals surface area contributed by atoms with E-state index in [-0.39, 0.29) is 11.8 Å². The first-order valence-electron chi connectivity index (χ1n) is 13.2. The number of esters is 1. The van der Waals surface area contributed by atoms with Crippen LogP contribution in [0.2, 0.25) is 0 Å². The smallest absolute Gasteiger partial charge is 0.341 e. The van der Waals surface area contributed by atoms with E-state index in [4.69, 9.17) is 21.1 Å².